The maximum Gasteiger partial charge on any atom is 0.417 e. The van der Waals surface area contributed by atoms with Gasteiger partial charge in [0, 0.05) is 11.4 Å². The van der Waals surface area contributed by atoms with Crippen molar-refractivity contribution in [3.05, 3.63) is 88.1 Å². The number of nitrogens with zero attached hydrogens (tertiary/aromatic N) is 4. The molecule has 4 rings (SSSR count). The average molecular weight is 450 g/mol. The average Bonchev–Trinajstić information content (AvgIpc) is 2.78. The molecule has 7 nitrogen and oxygen atoms in total. The zero-order valence-electron chi connectivity index (χ0n) is 17.3. The molecule has 2 aromatic heterocycles. The van der Waals surface area contributed by atoms with Crippen molar-refractivity contribution in [1.29, 1.82) is 5.26 Å². The Morgan fingerprint density at radius 1 is 1.12 bits per heavy atom. The summed E-state index contributed by atoms with van der Waals surface area (Å²) in [6, 6.07) is 14.8. The van der Waals surface area contributed by atoms with Crippen LogP contribution in [-0.4, -0.2) is 14.5 Å². The van der Waals surface area contributed by atoms with Crippen LogP contribution in [0.25, 0.3) is 16.5 Å². The lowest BCUT2D eigenvalue weighted by atomic mass is 10.0. The fourth-order valence-electron chi connectivity index (χ4n) is 3.68. The number of halogens is 3. The Hall–Kier alpha value is -4.39. The van der Waals surface area contributed by atoms with Crippen LogP contribution in [0.2, 0.25) is 0 Å². The Bertz CT molecular complexity index is 1440. The fraction of sp³-hybridized carbons (Fsp3) is 0.130. The molecule has 1 atom stereocenters. The van der Waals surface area contributed by atoms with Crippen LogP contribution in [0.5, 0.6) is 0 Å². The molecule has 3 N–H and O–H groups in total. The Morgan fingerprint density at radius 2 is 1.85 bits per heavy atom. The largest absolute Gasteiger partial charge is 0.417 e. The summed E-state index contributed by atoms with van der Waals surface area (Å²) >= 11 is 0. The van der Waals surface area contributed by atoms with E-state index in [1.54, 1.807) is 37.3 Å². The minimum Gasteiger partial charge on any atom is -0.382 e. The third-order valence-corrected chi connectivity index (χ3v) is 5.18. The van der Waals surface area contributed by atoms with E-state index in [1.165, 1.54) is 29.1 Å². The lowest BCUT2D eigenvalue weighted by Gasteiger charge is -2.22. The van der Waals surface area contributed by atoms with Gasteiger partial charge in [-0.05, 0) is 36.6 Å². The summed E-state index contributed by atoms with van der Waals surface area (Å²) in [7, 11) is 0. The molecule has 10 heteroatoms. The fourth-order valence-corrected chi connectivity index (χ4v) is 3.68. The number of pyridine rings is 1. The molecule has 33 heavy (non-hydrogen) atoms. The predicted molar refractivity (Wildman–Crippen MR) is 118 cm³/mol. The quantitative estimate of drug-likeness (QED) is 0.476. The van der Waals surface area contributed by atoms with E-state index < -0.39 is 28.7 Å². The van der Waals surface area contributed by atoms with Crippen LogP contribution in [0.1, 0.15) is 29.8 Å². The van der Waals surface area contributed by atoms with Gasteiger partial charge in [0.15, 0.2) is 0 Å². The summed E-state index contributed by atoms with van der Waals surface area (Å²) in [5.41, 5.74) is 4.73. The van der Waals surface area contributed by atoms with Gasteiger partial charge in [0.2, 0.25) is 0 Å². The van der Waals surface area contributed by atoms with Crippen molar-refractivity contribution in [2.24, 2.45) is 0 Å². The number of benzene rings is 2. The molecule has 0 fully saturated rings. The van der Waals surface area contributed by atoms with Gasteiger partial charge in [0.05, 0.1) is 17.0 Å². The van der Waals surface area contributed by atoms with Gasteiger partial charge in [-0.15, -0.1) is 0 Å². The highest BCUT2D eigenvalue weighted by atomic mass is 19.4. The van der Waals surface area contributed by atoms with E-state index in [0.29, 0.717) is 11.4 Å². The standard InChI is InChI=1S/C23H17F3N6O/c1-13(31-21-16(11-27)20(28)29-12-30-21)18-10-14-6-5-9-17(23(24,25)26)19(14)22(33)32(18)15-7-3-2-4-8-15/h2-10,12-13H,1H3,(H3,28,29,30,31). The van der Waals surface area contributed by atoms with Gasteiger partial charge in [-0.25, -0.2) is 9.97 Å². The van der Waals surface area contributed by atoms with Crippen LogP contribution in [0, 0.1) is 11.3 Å². The van der Waals surface area contributed by atoms with Gasteiger partial charge in [0.25, 0.3) is 5.56 Å². The third kappa shape index (κ3) is 3.96. The van der Waals surface area contributed by atoms with Crippen molar-refractivity contribution < 1.29 is 13.2 Å². The summed E-state index contributed by atoms with van der Waals surface area (Å²) in [5, 5.41) is 12.1. The normalized spacial score (nSPS) is 12.3. The summed E-state index contributed by atoms with van der Waals surface area (Å²) in [6.07, 6.45) is -3.51. The third-order valence-electron chi connectivity index (χ3n) is 5.18. The first-order chi connectivity index (χ1) is 15.7. The number of hydrogen-bond acceptors (Lipinski definition) is 6. The first-order valence-electron chi connectivity index (χ1n) is 9.80. The first kappa shape index (κ1) is 21.8. The second kappa shape index (κ2) is 8.27. The van der Waals surface area contributed by atoms with Gasteiger partial charge in [0.1, 0.15) is 29.6 Å². The van der Waals surface area contributed by atoms with Crippen molar-refractivity contribution >= 4 is 22.4 Å². The lowest BCUT2D eigenvalue weighted by Crippen LogP contribution is -2.27. The second-order valence-electron chi connectivity index (χ2n) is 7.27. The minimum absolute atomic E-state index is 0.0176. The molecule has 2 aromatic carbocycles. The summed E-state index contributed by atoms with van der Waals surface area (Å²) < 4.78 is 42.3. The molecule has 166 valence electrons. The summed E-state index contributed by atoms with van der Waals surface area (Å²) in [4.78, 5) is 21.3. The van der Waals surface area contributed by atoms with Crippen LogP contribution in [0.15, 0.2) is 65.7 Å². The zero-order chi connectivity index (χ0) is 23.8. The Morgan fingerprint density at radius 3 is 2.52 bits per heavy atom. The lowest BCUT2D eigenvalue weighted by molar-refractivity contribution is -0.136. The molecule has 4 aromatic rings. The number of para-hydroxylation sites is 1. The molecule has 0 radical (unpaired) electrons. The molecule has 0 aliphatic heterocycles. The van der Waals surface area contributed by atoms with Crippen molar-refractivity contribution in [2.45, 2.75) is 19.1 Å². The van der Waals surface area contributed by atoms with Crippen molar-refractivity contribution in [1.82, 2.24) is 14.5 Å². The monoisotopic (exact) mass is 450 g/mol. The van der Waals surface area contributed by atoms with Gasteiger partial charge < -0.3 is 11.1 Å². The molecule has 0 saturated carbocycles. The van der Waals surface area contributed by atoms with Crippen LogP contribution >= 0.6 is 0 Å². The topological polar surface area (TPSA) is 110 Å². The summed E-state index contributed by atoms with van der Waals surface area (Å²) in [6.45, 7) is 1.70. The number of nitrogens with one attached hydrogen (secondary N) is 1. The highest BCUT2D eigenvalue weighted by Gasteiger charge is 2.34. The van der Waals surface area contributed by atoms with E-state index in [-0.39, 0.29) is 22.6 Å². The number of alkyl halides is 3. The Kier molecular flexibility index (Phi) is 5.47. The van der Waals surface area contributed by atoms with Gasteiger partial charge in [-0.3, -0.25) is 9.36 Å². The molecule has 0 aliphatic rings. The maximum atomic E-state index is 13.7. The number of aromatic nitrogens is 3. The number of nitrogen functional groups attached to an aromatic ring is 1. The summed E-state index contributed by atoms with van der Waals surface area (Å²) in [5.74, 6) is 0.129. The molecule has 0 aliphatic carbocycles. The number of nitriles is 1. The number of hydrogen-bond donors (Lipinski definition) is 2. The van der Waals surface area contributed by atoms with E-state index in [4.69, 9.17) is 5.73 Å². The van der Waals surface area contributed by atoms with Crippen LogP contribution in [0.3, 0.4) is 0 Å². The Labute approximate surface area is 185 Å². The minimum atomic E-state index is -4.70. The Balaban J connectivity index is 1.98. The molecule has 0 spiro atoms. The van der Waals surface area contributed by atoms with Crippen LogP contribution < -0.4 is 16.6 Å². The molecular formula is C23H17F3N6O. The van der Waals surface area contributed by atoms with E-state index in [1.807, 2.05) is 6.07 Å². The second-order valence-corrected chi connectivity index (χ2v) is 7.27. The van der Waals surface area contributed by atoms with Crippen molar-refractivity contribution in [3.63, 3.8) is 0 Å². The molecule has 1 unspecified atom stereocenters. The maximum absolute atomic E-state index is 13.7. The van der Waals surface area contributed by atoms with Crippen LogP contribution in [0.4, 0.5) is 24.8 Å². The van der Waals surface area contributed by atoms with Gasteiger partial charge in [-0.2, -0.15) is 18.4 Å². The zero-order valence-corrected chi connectivity index (χ0v) is 17.3. The number of nitrogens with two attached hydrogens (primary N) is 1. The highest BCUT2D eigenvalue weighted by molar-refractivity contribution is 5.86. The molecule has 0 amide bonds. The molecular weight excluding hydrogens is 433 g/mol. The van der Waals surface area contributed by atoms with E-state index in [9.17, 15) is 23.2 Å². The van der Waals surface area contributed by atoms with E-state index in [2.05, 4.69) is 15.3 Å². The number of rotatable bonds is 4. The molecule has 2 heterocycles. The van der Waals surface area contributed by atoms with Crippen molar-refractivity contribution in [2.75, 3.05) is 11.1 Å². The number of fused-ring (bicyclic) bond motifs is 1. The molecule has 0 bridgehead atoms. The van der Waals surface area contributed by atoms with Gasteiger partial charge >= 0.3 is 6.18 Å². The van der Waals surface area contributed by atoms with E-state index >= 15 is 0 Å². The number of anilines is 2. The SMILES string of the molecule is CC(Nc1ncnc(N)c1C#N)c1cc2cccc(C(F)(F)F)c2c(=O)n1-c1ccccc1. The first-order valence-corrected chi connectivity index (χ1v) is 9.80. The smallest absolute Gasteiger partial charge is 0.382 e. The van der Waals surface area contributed by atoms with Gasteiger partial charge in [-0.1, -0.05) is 30.3 Å². The predicted octanol–water partition coefficient (Wildman–Crippen LogP) is 4.43. The van der Waals surface area contributed by atoms with E-state index in [0.717, 1.165) is 6.07 Å². The molecule has 0 saturated heterocycles. The van der Waals surface area contributed by atoms with Crippen LogP contribution in [-0.2, 0) is 6.18 Å². The van der Waals surface area contributed by atoms with Crippen molar-refractivity contribution in [3.8, 4) is 11.8 Å². The highest BCUT2D eigenvalue weighted by Crippen LogP contribution is 2.34.